The molecule has 5 heteroatoms. The molecule has 0 saturated heterocycles. The summed E-state index contributed by atoms with van der Waals surface area (Å²) in [4.78, 5) is 0. The van der Waals surface area contributed by atoms with Gasteiger partial charge in [-0.3, -0.25) is 0 Å². The Hall–Kier alpha value is -0.290. The molecule has 118 valence electrons. The van der Waals surface area contributed by atoms with Crippen molar-refractivity contribution in [2.45, 2.75) is 83.2 Å². The van der Waals surface area contributed by atoms with Crippen LogP contribution in [0.2, 0.25) is 0 Å². The normalized spacial score (nSPS) is 31.1. The molecule has 1 N–H and O–H groups in total. The van der Waals surface area contributed by atoms with Crippen LogP contribution in [0.25, 0.3) is 0 Å². The Labute approximate surface area is 119 Å². The highest BCUT2D eigenvalue weighted by Crippen LogP contribution is 2.53. The second-order valence-electron chi connectivity index (χ2n) is 6.41. The van der Waals surface area contributed by atoms with E-state index in [4.69, 9.17) is 4.74 Å². The van der Waals surface area contributed by atoms with Gasteiger partial charge >= 0.3 is 6.18 Å². The van der Waals surface area contributed by atoms with Crippen molar-refractivity contribution >= 4 is 0 Å². The number of alkyl halides is 3. The monoisotopic (exact) mass is 293 g/mol. The van der Waals surface area contributed by atoms with Crippen molar-refractivity contribution in [3.63, 3.8) is 0 Å². The predicted octanol–water partition coefficient (Wildman–Crippen LogP) is 4.04. The van der Waals surface area contributed by atoms with Gasteiger partial charge in [-0.25, -0.2) is 0 Å². The molecule has 3 atom stereocenters. The van der Waals surface area contributed by atoms with Crippen LogP contribution in [0.15, 0.2) is 0 Å². The first-order valence-electron chi connectivity index (χ1n) is 7.82. The Morgan fingerprint density at radius 1 is 1.25 bits per heavy atom. The molecule has 2 saturated carbocycles. The lowest BCUT2D eigenvalue weighted by Gasteiger charge is -2.58. The van der Waals surface area contributed by atoms with Gasteiger partial charge in [0.1, 0.15) is 0 Å². The van der Waals surface area contributed by atoms with Gasteiger partial charge < -0.3 is 10.1 Å². The van der Waals surface area contributed by atoms with E-state index in [1.54, 1.807) is 6.92 Å². The largest absolute Gasteiger partial charge is 0.390 e. The van der Waals surface area contributed by atoms with Crippen LogP contribution < -0.4 is 5.32 Å². The van der Waals surface area contributed by atoms with Crippen molar-refractivity contribution in [2.24, 2.45) is 5.41 Å². The maximum atomic E-state index is 12.4. The fraction of sp³-hybridized carbons (Fsp3) is 1.00. The SMILES string of the molecule is CCOC1CC(NC(C)CC(F)(F)F)C12CCCCC2. The van der Waals surface area contributed by atoms with Gasteiger partial charge in [0.05, 0.1) is 12.5 Å². The van der Waals surface area contributed by atoms with E-state index in [1.807, 2.05) is 6.92 Å². The molecule has 0 heterocycles. The molecule has 2 fully saturated rings. The molecule has 2 aliphatic rings. The van der Waals surface area contributed by atoms with E-state index in [2.05, 4.69) is 5.32 Å². The first-order valence-corrected chi connectivity index (χ1v) is 7.82. The highest BCUT2D eigenvalue weighted by Gasteiger charge is 2.55. The Balaban J connectivity index is 1.94. The zero-order chi connectivity index (χ0) is 14.8. The maximum Gasteiger partial charge on any atom is 0.390 e. The smallest absolute Gasteiger partial charge is 0.378 e. The third kappa shape index (κ3) is 3.48. The Bertz CT molecular complexity index is 313. The van der Waals surface area contributed by atoms with Gasteiger partial charge in [-0.2, -0.15) is 13.2 Å². The summed E-state index contributed by atoms with van der Waals surface area (Å²) < 4.78 is 43.2. The van der Waals surface area contributed by atoms with Gasteiger partial charge in [0.15, 0.2) is 0 Å². The van der Waals surface area contributed by atoms with Crippen LogP contribution >= 0.6 is 0 Å². The Morgan fingerprint density at radius 3 is 2.45 bits per heavy atom. The van der Waals surface area contributed by atoms with Crippen molar-refractivity contribution in [3.05, 3.63) is 0 Å². The fourth-order valence-electron chi connectivity index (χ4n) is 4.05. The molecule has 0 radical (unpaired) electrons. The van der Waals surface area contributed by atoms with Crippen LogP contribution in [0.4, 0.5) is 13.2 Å². The molecule has 0 aliphatic heterocycles. The molecule has 0 aromatic heterocycles. The number of hydrogen-bond donors (Lipinski definition) is 1. The van der Waals surface area contributed by atoms with Crippen molar-refractivity contribution in [1.29, 1.82) is 0 Å². The summed E-state index contributed by atoms with van der Waals surface area (Å²) in [7, 11) is 0. The summed E-state index contributed by atoms with van der Waals surface area (Å²) in [6.07, 6.45) is 2.03. The van der Waals surface area contributed by atoms with Crippen molar-refractivity contribution in [3.8, 4) is 0 Å². The minimum Gasteiger partial charge on any atom is -0.378 e. The number of ether oxygens (including phenoxy) is 1. The van der Waals surface area contributed by atoms with E-state index < -0.39 is 18.6 Å². The fourth-order valence-corrected chi connectivity index (χ4v) is 4.05. The molecule has 2 aliphatic carbocycles. The van der Waals surface area contributed by atoms with Crippen molar-refractivity contribution < 1.29 is 17.9 Å². The molecule has 2 rings (SSSR count). The average Bonchev–Trinajstić information content (AvgIpc) is 2.36. The average molecular weight is 293 g/mol. The van der Waals surface area contributed by atoms with Crippen molar-refractivity contribution in [2.75, 3.05) is 6.61 Å². The second kappa shape index (κ2) is 6.22. The first kappa shape index (κ1) is 16.1. The maximum absolute atomic E-state index is 12.4. The third-order valence-electron chi connectivity index (χ3n) is 4.96. The van der Waals surface area contributed by atoms with Gasteiger partial charge in [-0.1, -0.05) is 19.3 Å². The van der Waals surface area contributed by atoms with E-state index in [-0.39, 0.29) is 17.6 Å². The summed E-state index contributed by atoms with van der Waals surface area (Å²) in [6, 6.07) is -0.321. The number of rotatable bonds is 5. The zero-order valence-corrected chi connectivity index (χ0v) is 12.4. The van der Waals surface area contributed by atoms with Gasteiger partial charge in [-0.05, 0) is 33.1 Å². The van der Waals surface area contributed by atoms with Crippen LogP contribution in [-0.2, 0) is 4.74 Å². The minimum atomic E-state index is -4.09. The van der Waals surface area contributed by atoms with Crippen LogP contribution in [0.1, 0.15) is 58.8 Å². The minimum absolute atomic E-state index is 0.0914. The van der Waals surface area contributed by atoms with Crippen molar-refractivity contribution in [1.82, 2.24) is 5.32 Å². The van der Waals surface area contributed by atoms with Crippen LogP contribution in [0.3, 0.4) is 0 Å². The quantitative estimate of drug-likeness (QED) is 0.826. The van der Waals surface area contributed by atoms with E-state index in [9.17, 15) is 13.2 Å². The van der Waals surface area contributed by atoms with Gasteiger partial charge in [0, 0.05) is 24.1 Å². The molecule has 0 bridgehead atoms. The van der Waals surface area contributed by atoms with Gasteiger partial charge in [-0.15, -0.1) is 0 Å². The number of halogens is 3. The Kier molecular flexibility index (Phi) is 5.00. The Morgan fingerprint density at radius 2 is 1.90 bits per heavy atom. The lowest BCUT2D eigenvalue weighted by atomic mass is 9.55. The molecular formula is C15H26F3NO. The zero-order valence-electron chi connectivity index (χ0n) is 12.4. The standard InChI is InChI=1S/C15H26F3NO/c1-3-20-13-9-12(14(13)7-5-4-6-8-14)19-11(2)10-15(16,17)18/h11-13,19H,3-10H2,1-2H3. The van der Waals surface area contributed by atoms with Crippen LogP contribution in [0.5, 0.6) is 0 Å². The summed E-state index contributed by atoms with van der Waals surface area (Å²) in [6.45, 7) is 4.32. The van der Waals surface area contributed by atoms with E-state index in [0.717, 1.165) is 19.3 Å². The van der Waals surface area contributed by atoms with Crippen LogP contribution in [-0.4, -0.2) is 31.0 Å². The summed E-state index contributed by atoms with van der Waals surface area (Å²) in [5, 5.41) is 3.22. The topological polar surface area (TPSA) is 21.3 Å². The third-order valence-corrected chi connectivity index (χ3v) is 4.96. The highest BCUT2D eigenvalue weighted by atomic mass is 19.4. The predicted molar refractivity (Wildman–Crippen MR) is 72.6 cm³/mol. The highest BCUT2D eigenvalue weighted by molar-refractivity contribution is 5.09. The van der Waals surface area contributed by atoms with Gasteiger partial charge in [0.2, 0.25) is 0 Å². The number of hydrogen-bond acceptors (Lipinski definition) is 2. The lowest BCUT2D eigenvalue weighted by molar-refractivity contribution is -0.162. The molecule has 20 heavy (non-hydrogen) atoms. The summed E-state index contributed by atoms with van der Waals surface area (Å²) in [5.74, 6) is 0. The first-order chi connectivity index (χ1) is 9.37. The molecule has 3 unspecified atom stereocenters. The molecule has 0 aromatic rings. The summed E-state index contributed by atoms with van der Waals surface area (Å²) >= 11 is 0. The van der Waals surface area contributed by atoms with Gasteiger partial charge in [0.25, 0.3) is 0 Å². The number of nitrogens with one attached hydrogen (secondary N) is 1. The van der Waals surface area contributed by atoms with Crippen LogP contribution in [0, 0.1) is 5.41 Å². The van der Waals surface area contributed by atoms with E-state index >= 15 is 0 Å². The second-order valence-corrected chi connectivity index (χ2v) is 6.41. The molecule has 0 amide bonds. The molecule has 0 aromatic carbocycles. The van der Waals surface area contributed by atoms with E-state index in [0.29, 0.717) is 6.61 Å². The van der Waals surface area contributed by atoms with E-state index in [1.165, 1.54) is 19.3 Å². The molecular weight excluding hydrogens is 267 g/mol. The lowest BCUT2D eigenvalue weighted by Crippen LogP contribution is -2.65. The molecule has 1 spiro atoms. The summed E-state index contributed by atoms with van der Waals surface area (Å²) in [5.41, 5.74) is 0.0914. The molecule has 2 nitrogen and oxygen atoms in total.